The minimum Gasteiger partial charge on any atom is -0.311 e. The predicted molar refractivity (Wildman–Crippen MR) is 53.9 cm³/mol. The minimum absolute atomic E-state index is 0.817. The van der Waals surface area contributed by atoms with Crippen molar-refractivity contribution in [1.82, 2.24) is 25.5 Å². The average Bonchev–Trinajstić information content (AvgIpc) is 2.86. The number of aromatic amines is 1. The molecule has 0 fully saturated rings. The van der Waals surface area contributed by atoms with Crippen molar-refractivity contribution < 1.29 is 0 Å². The molecule has 0 bridgehead atoms. The van der Waals surface area contributed by atoms with Crippen LogP contribution in [0, 0.1) is 0 Å². The van der Waals surface area contributed by atoms with Gasteiger partial charge in [-0.1, -0.05) is 0 Å². The molecule has 2 aromatic rings. The topological polar surface area (TPSA) is 66.5 Å². The predicted octanol–water partition coefficient (Wildman–Crippen LogP) is 0.593. The number of hydrogen-bond donors (Lipinski definition) is 2. The number of nitrogens with one attached hydrogen (secondary N) is 2. The van der Waals surface area contributed by atoms with Gasteiger partial charge in [-0.25, -0.2) is 9.97 Å². The second-order valence-corrected chi connectivity index (χ2v) is 3.56. The number of nitrogens with zero attached hydrogens (tertiary/aromatic N) is 3. The van der Waals surface area contributed by atoms with E-state index in [-0.39, 0.29) is 0 Å². The fourth-order valence-corrected chi connectivity index (χ4v) is 1.66. The Hall–Kier alpha value is -1.27. The van der Waals surface area contributed by atoms with Crippen LogP contribution in [0.2, 0.25) is 0 Å². The molecule has 0 saturated carbocycles. The Labute approximate surface area is 85.6 Å². The summed E-state index contributed by atoms with van der Waals surface area (Å²) in [5, 5.41) is 11.9. The van der Waals surface area contributed by atoms with Gasteiger partial charge >= 0.3 is 0 Å². The summed E-state index contributed by atoms with van der Waals surface area (Å²) in [5.41, 5.74) is 2.93. The second kappa shape index (κ2) is 4.83. The summed E-state index contributed by atoms with van der Waals surface area (Å²) < 4.78 is 0. The van der Waals surface area contributed by atoms with Crippen LogP contribution in [0.15, 0.2) is 17.2 Å². The van der Waals surface area contributed by atoms with E-state index in [1.807, 2.05) is 10.9 Å². The van der Waals surface area contributed by atoms with Crippen molar-refractivity contribution in [3.8, 4) is 0 Å². The van der Waals surface area contributed by atoms with E-state index in [0.717, 1.165) is 31.0 Å². The van der Waals surface area contributed by atoms with Crippen molar-refractivity contribution in [2.24, 2.45) is 0 Å². The molecule has 0 unspecified atom stereocenters. The number of thiazole rings is 1. The molecule has 14 heavy (non-hydrogen) atoms. The van der Waals surface area contributed by atoms with Gasteiger partial charge < -0.3 is 5.32 Å². The number of aromatic nitrogens is 4. The van der Waals surface area contributed by atoms with Gasteiger partial charge in [0.2, 0.25) is 0 Å². The summed E-state index contributed by atoms with van der Waals surface area (Å²) in [4.78, 5) is 8.20. The third kappa shape index (κ3) is 2.61. The molecular weight excluding hydrogens is 198 g/mol. The summed E-state index contributed by atoms with van der Waals surface area (Å²) >= 11 is 1.62. The second-order valence-electron chi connectivity index (χ2n) is 2.84. The van der Waals surface area contributed by atoms with Crippen molar-refractivity contribution in [2.45, 2.75) is 13.0 Å². The van der Waals surface area contributed by atoms with Crippen molar-refractivity contribution in [1.29, 1.82) is 0 Å². The zero-order chi connectivity index (χ0) is 9.64. The largest absolute Gasteiger partial charge is 0.311 e. The van der Waals surface area contributed by atoms with Crippen LogP contribution in [-0.2, 0) is 13.0 Å². The molecule has 0 aromatic carbocycles. The van der Waals surface area contributed by atoms with Crippen LogP contribution >= 0.6 is 11.3 Å². The van der Waals surface area contributed by atoms with Gasteiger partial charge in [0.05, 0.1) is 11.2 Å². The Morgan fingerprint density at radius 3 is 3.14 bits per heavy atom. The first-order valence-corrected chi connectivity index (χ1v) is 5.31. The molecule has 0 atom stereocenters. The lowest BCUT2D eigenvalue weighted by molar-refractivity contribution is 0.663. The molecular formula is C8H11N5S. The maximum atomic E-state index is 4.17. The molecule has 0 aliphatic carbocycles. The smallest absolute Gasteiger partial charge is 0.137 e. The van der Waals surface area contributed by atoms with Crippen molar-refractivity contribution in [2.75, 3.05) is 6.54 Å². The number of hydrogen-bond acceptors (Lipinski definition) is 5. The highest BCUT2D eigenvalue weighted by atomic mass is 32.1. The van der Waals surface area contributed by atoms with E-state index in [1.165, 1.54) is 6.33 Å². The minimum atomic E-state index is 0.817. The Bertz CT molecular complexity index is 305. The molecule has 2 aromatic heterocycles. The maximum absolute atomic E-state index is 4.17. The lowest BCUT2D eigenvalue weighted by atomic mass is 10.4. The highest BCUT2D eigenvalue weighted by Crippen LogP contribution is 1.99. The SMILES string of the molecule is c1n[nH]c(CCNCc2cscn2)n1. The molecule has 0 amide bonds. The molecule has 0 spiro atoms. The van der Waals surface area contributed by atoms with E-state index >= 15 is 0 Å². The van der Waals surface area contributed by atoms with Gasteiger partial charge in [0.15, 0.2) is 0 Å². The van der Waals surface area contributed by atoms with Gasteiger partial charge in [-0.3, -0.25) is 5.10 Å². The Morgan fingerprint density at radius 2 is 2.43 bits per heavy atom. The molecule has 2 heterocycles. The highest BCUT2D eigenvalue weighted by Gasteiger charge is 1.96. The fourth-order valence-electron chi connectivity index (χ4n) is 1.10. The Kier molecular flexibility index (Phi) is 3.20. The first kappa shape index (κ1) is 9.29. The number of rotatable bonds is 5. The van der Waals surface area contributed by atoms with E-state index in [2.05, 4.69) is 25.5 Å². The zero-order valence-electron chi connectivity index (χ0n) is 7.60. The van der Waals surface area contributed by atoms with E-state index in [0.29, 0.717) is 0 Å². The van der Waals surface area contributed by atoms with E-state index in [1.54, 1.807) is 11.3 Å². The molecule has 0 saturated heterocycles. The fraction of sp³-hybridized carbons (Fsp3) is 0.375. The maximum Gasteiger partial charge on any atom is 0.137 e. The lowest BCUT2D eigenvalue weighted by Gasteiger charge is -1.99. The average molecular weight is 209 g/mol. The monoisotopic (exact) mass is 209 g/mol. The van der Waals surface area contributed by atoms with Crippen molar-refractivity contribution >= 4 is 11.3 Å². The van der Waals surface area contributed by atoms with Crippen LogP contribution in [-0.4, -0.2) is 26.7 Å². The molecule has 0 aliphatic heterocycles. The van der Waals surface area contributed by atoms with Crippen LogP contribution < -0.4 is 5.32 Å². The van der Waals surface area contributed by atoms with E-state index in [9.17, 15) is 0 Å². The normalized spacial score (nSPS) is 10.6. The van der Waals surface area contributed by atoms with Gasteiger partial charge in [0.1, 0.15) is 12.2 Å². The highest BCUT2D eigenvalue weighted by molar-refractivity contribution is 7.07. The summed E-state index contributed by atoms with van der Waals surface area (Å²) in [6.07, 6.45) is 2.39. The summed E-state index contributed by atoms with van der Waals surface area (Å²) in [7, 11) is 0. The quantitative estimate of drug-likeness (QED) is 0.707. The van der Waals surface area contributed by atoms with Crippen LogP contribution in [0.25, 0.3) is 0 Å². The zero-order valence-corrected chi connectivity index (χ0v) is 8.42. The van der Waals surface area contributed by atoms with Gasteiger partial charge in [0, 0.05) is 24.9 Å². The van der Waals surface area contributed by atoms with E-state index < -0.39 is 0 Å². The van der Waals surface area contributed by atoms with Gasteiger partial charge in [-0.05, 0) is 0 Å². The lowest BCUT2D eigenvalue weighted by Crippen LogP contribution is -2.17. The third-order valence-corrected chi connectivity index (χ3v) is 2.43. The summed E-state index contributed by atoms with van der Waals surface area (Å²) in [6, 6.07) is 0. The van der Waals surface area contributed by atoms with Crippen LogP contribution in [0.5, 0.6) is 0 Å². The van der Waals surface area contributed by atoms with Crippen LogP contribution in [0.3, 0.4) is 0 Å². The molecule has 6 heteroatoms. The van der Waals surface area contributed by atoms with Crippen molar-refractivity contribution in [3.05, 3.63) is 28.7 Å². The van der Waals surface area contributed by atoms with Gasteiger partial charge in [-0.15, -0.1) is 11.3 Å². The summed E-state index contributed by atoms with van der Waals surface area (Å²) in [6.45, 7) is 1.70. The molecule has 2 N–H and O–H groups in total. The van der Waals surface area contributed by atoms with Gasteiger partial charge in [0.25, 0.3) is 0 Å². The summed E-state index contributed by atoms with van der Waals surface area (Å²) in [5.74, 6) is 0.913. The standard InChI is InChI=1S/C8H11N5S/c1(8-10-5-12-13-8)2-9-3-7-4-14-6-11-7/h4-6,9H,1-3H2,(H,10,12,13). The number of H-pyrrole nitrogens is 1. The molecule has 0 aliphatic rings. The first-order valence-electron chi connectivity index (χ1n) is 4.37. The molecule has 2 rings (SSSR count). The first-order chi connectivity index (χ1) is 6.95. The molecule has 5 nitrogen and oxygen atoms in total. The Balaban J connectivity index is 1.65. The van der Waals surface area contributed by atoms with Crippen LogP contribution in [0.1, 0.15) is 11.5 Å². The molecule has 74 valence electrons. The van der Waals surface area contributed by atoms with Gasteiger partial charge in [-0.2, -0.15) is 5.10 Å². The van der Waals surface area contributed by atoms with Crippen molar-refractivity contribution in [3.63, 3.8) is 0 Å². The molecule has 0 radical (unpaired) electrons. The third-order valence-electron chi connectivity index (χ3n) is 1.79. The Morgan fingerprint density at radius 1 is 1.43 bits per heavy atom. The van der Waals surface area contributed by atoms with Crippen LogP contribution in [0.4, 0.5) is 0 Å². The van der Waals surface area contributed by atoms with E-state index in [4.69, 9.17) is 0 Å².